The van der Waals surface area contributed by atoms with E-state index >= 15 is 0 Å². The minimum Gasteiger partial charge on any atom is -0.497 e. The molecule has 0 amide bonds. The number of ether oxygens (including phenoxy) is 2. The number of benzene rings is 2. The van der Waals surface area contributed by atoms with E-state index in [2.05, 4.69) is 0 Å². The van der Waals surface area contributed by atoms with Gasteiger partial charge >= 0.3 is 5.97 Å². The molecule has 0 atom stereocenters. The number of methoxy groups -OCH3 is 1. The van der Waals surface area contributed by atoms with Crippen molar-refractivity contribution in [1.29, 1.82) is 0 Å². The zero-order chi connectivity index (χ0) is 15.5. The molecular weight excluding hydrogens is 280 g/mol. The van der Waals surface area contributed by atoms with Gasteiger partial charge in [-0.3, -0.25) is 0 Å². The molecule has 2 aromatic carbocycles. The Labute approximate surface area is 128 Å². The molecule has 0 saturated heterocycles. The van der Waals surface area contributed by atoms with Gasteiger partial charge in [0.05, 0.1) is 13.7 Å². The second-order valence-electron chi connectivity index (χ2n) is 4.75. The van der Waals surface area contributed by atoms with Crippen LogP contribution in [0.25, 0.3) is 22.3 Å². The zero-order valence-electron chi connectivity index (χ0n) is 12.5. The Kier molecular flexibility index (Phi) is 3.83. The highest BCUT2D eigenvalue weighted by Gasteiger charge is 2.22. The van der Waals surface area contributed by atoms with Crippen molar-refractivity contribution in [3.05, 3.63) is 54.1 Å². The standard InChI is InChI=1S/C18H16O4/c1-3-21-18(19)16-14-6-4-5-7-15(14)22-17(16)12-8-10-13(20-2)11-9-12/h4-11H,3H2,1-2H3. The van der Waals surface area contributed by atoms with E-state index in [1.165, 1.54) is 0 Å². The van der Waals surface area contributed by atoms with Crippen molar-refractivity contribution in [3.8, 4) is 17.1 Å². The SMILES string of the molecule is CCOC(=O)c1c(-c2ccc(OC)cc2)oc2ccccc12. The molecule has 0 aliphatic rings. The number of para-hydroxylation sites is 1. The van der Waals surface area contributed by atoms with Crippen molar-refractivity contribution in [2.75, 3.05) is 13.7 Å². The van der Waals surface area contributed by atoms with Crippen LogP contribution < -0.4 is 4.74 Å². The van der Waals surface area contributed by atoms with Crippen LogP contribution >= 0.6 is 0 Å². The van der Waals surface area contributed by atoms with E-state index in [0.29, 0.717) is 23.5 Å². The summed E-state index contributed by atoms with van der Waals surface area (Å²) in [5.41, 5.74) is 1.93. The van der Waals surface area contributed by atoms with Crippen molar-refractivity contribution in [2.45, 2.75) is 6.92 Å². The molecule has 112 valence electrons. The first kappa shape index (κ1) is 14.2. The summed E-state index contributed by atoms with van der Waals surface area (Å²) in [6, 6.07) is 14.8. The topological polar surface area (TPSA) is 48.7 Å². The number of carbonyl (C=O) groups excluding carboxylic acids is 1. The van der Waals surface area contributed by atoms with Crippen molar-refractivity contribution in [2.24, 2.45) is 0 Å². The first-order valence-electron chi connectivity index (χ1n) is 7.07. The number of hydrogen-bond acceptors (Lipinski definition) is 4. The Morgan fingerprint density at radius 2 is 1.82 bits per heavy atom. The molecule has 0 saturated carbocycles. The average Bonchev–Trinajstić information content (AvgIpc) is 2.94. The van der Waals surface area contributed by atoms with Gasteiger partial charge in [-0.2, -0.15) is 0 Å². The molecule has 0 N–H and O–H groups in total. The fourth-order valence-corrected chi connectivity index (χ4v) is 2.40. The van der Waals surface area contributed by atoms with Gasteiger partial charge in [0.2, 0.25) is 0 Å². The maximum absolute atomic E-state index is 12.3. The van der Waals surface area contributed by atoms with Crippen molar-refractivity contribution >= 4 is 16.9 Å². The first-order valence-corrected chi connectivity index (χ1v) is 7.07. The van der Waals surface area contributed by atoms with Crippen LogP contribution in [0.15, 0.2) is 52.9 Å². The molecule has 0 spiro atoms. The van der Waals surface area contributed by atoms with Crippen molar-refractivity contribution < 1.29 is 18.7 Å². The second-order valence-corrected chi connectivity index (χ2v) is 4.75. The van der Waals surface area contributed by atoms with Gasteiger partial charge in [-0.1, -0.05) is 18.2 Å². The predicted octanol–water partition coefficient (Wildman–Crippen LogP) is 4.29. The van der Waals surface area contributed by atoms with Gasteiger partial charge in [0, 0.05) is 10.9 Å². The Bertz CT molecular complexity index is 800. The van der Waals surface area contributed by atoms with E-state index in [9.17, 15) is 4.79 Å². The highest BCUT2D eigenvalue weighted by molar-refractivity contribution is 6.08. The number of furan rings is 1. The lowest BCUT2D eigenvalue weighted by Gasteiger charge is -2.04. The third kappa shape index (κ3) is 2.44. The molecule has 0 aliphatic heterocycles. The van der Waals surface area contributed by atoms with Gasteiger partial charge in [0.25, 0.3) is 0 Å². The second kappa shape index (κ2) is 5.93. The molecular formula is C18H16O4. The molecule has 0 unspecified atom stereocenters. The molecule has 1 aromatic heterocycles. The summed E-state index contributed by atoms with van der Waals surface area (Å²) < 4.78 is 16.2. The third-order valence-electron chi connectivity index (χ3n) is 3.43. The lowest BCUT2D eigenvalue weighted by Crippen LogP contribution is -2.05. The molecule has 0 radical (unpaired) electrons. The first-order chi connectivity index (χ1) is 10.7. The minimum atomic E-state index is -0.377. The van der Waals surface area contributed by atoms with E-state index in [1.807, 2.05) is 48.5 Å². The summed E-state index contributed by atoms with van der Waals surface area (Å²) in [4.78, 5) is 12.3. The molecule has 4 nitrogen and oxygen atoms in total. The molecule has 3 aromatic rings. The molecule has 22 heavy (non-hydrogen) atoms. The summed E-state index contributed by atoms with van der Waals surface area (Å²) >= 11 is 0. The lowest BCUT2D eigenvalue weighted by atomic mass is 10.1. The van der Waals surface area contributed by atoms with Gasteiger partial charge in [0.15, 0.2) is 0 Å². The Hall–Kier alpha value is -2.75. The molecule has 0 fully saturated rings. The van der Waals surface area contributed by atoms with Crippen molar-refractivity contribution in [3.63, 3.8) is 0 Å². The summed E-state index contributed by atoms with van der Waals surface area (Å²) in [7, 11) is 1.61. The summed E-state index contributed by atoms with van der Waals surface area (Å²) in [6.07, 6.45) is 0. The van der Waals surface area contributed by atoms with Crippen LogP contribution in [0.1, 0.15) is 17.3 Å². The van der Waals surface area contributed by atoms with Crippen LogP contribution in [0.5, 0.6) is 5.75 Å². The van der Waals surface area contributed by atoms with Gasteiger partial charge in [-0.15, -0.1) is 0 Å². The molecule has 3 rings (SSSR count). The Morgan fingerprint density at radius 1 is 1.09 bits per heavy atom. The molecule has 0 aliphatic carbocycles. The monoisotopic (exact) mass is 296 g/mol. The van der Waals surface area contributed by atoms with Crippen LogP contribution in [0.3, 0.4) is 0 Å². The lowest BCUT2D eigenvalue weighted by molar-refractivity contribution is 0.0529. The number of esters is 1. The third-order valence-corrected chi connectivity index (χ3v) is 3.43. The quantitative estimate of drug-likeness (QED) is 0.674. The van der Waals surface area contributed by atoms with Gasteiger partial charge < -0.3 is 13.9 Å². The van der Waals surface area contributed by atoms with Gasteiger partial charge in [0.1, 0.15) is 22.7 Å². The van der Waals surface area contributed by atoms with Gasteiger partial charge in [-0.05, 0) is 37.3 Å². The van der Waals surface area contributed by atoms with Gasteiger partial charge in [-0.25, -0.2) is 4.79 Å². The maximum atomic E-state index is 12.3. The number of carbonyl (C=O) groups is 1. The number of hydrogen-bond donors (Lipinski definition) is 0. The van der Waals surface area contributed by atoms with E-state index in [-0.39, 0.29) is 5.97 Å². The van der Waals surface area contributed by atoms with E-state index in [1.54, 1.807) is 14.0 Å². The minimum absolute atomic E-state index is 0.320. The Balaban J connectivity index is 2.18. The van der Waals surface area contributed by atoms with Crippen LogP contribution in [0, 0.1) is 0 Å². The highest BCUT2D eigenvalue weighted by atomic mass is 16.5. The fourth-order valence-electron chi connectivity index (χ4n) is 2.40. The average molecular weight is 296 g/mol. The van der Waals surface area contributed by atoms with Crippen LogP contribution in [-0.4, -0.2) is 19.7 Å². The zero-order valence-corrected chi connectivity index (χ0v) is 12.5. The molecule has 4 heteroatoms. The Morgan fingerprint density at radius 3 is 2.50 bits per heavy atom. The molecule has 0 bridgehead atoms. The highest BCUT2D eigenvalue weighted by Crippen LogP contribution is 2.34. The van der Waals surface area contributed by atoms with E-state index < -0.39 is 0 Å². The fraction of sp³-hybridized carbons (Fsp3) is 0.167. The van der Waals surface area contributed by atoms with E-state index in [4.69, 9.17) is 13.9 Å². The number of rotatable bonds is 4. The van der Waals surface area contributed by atoms with Crippen LogP contribution in [0.2, 0.25) is 0 Å². The largest absolute Gasteiger partial charge is 0.497 e. The smallest absolute Gasteiger partial charge is 0.342 e. The van der Waals surface area contributed by atoms with E-state index in [0.717, 1.165) is 16.7 Å². The van der Waals surface area contributed by atoms with Crippen LogP contribution in [-0.2, 0) is 4.74 Å². The van der Waals surface area contributed by atoms with Crippen LogP contribution in [0.4, 0.5) is 0 Å². The summed E-state index contributed by atoms with van der Waals surface area (Å²) in [5.74, 6) is 0.887. The predicted molar refractivity (Wildman–Crippen MR) is 84.2 cm³/mol. The maximum Gasteiger partial charge on any atom is 0.342 e. The number of fused-ring (bicyclic) bond motifs is 1. The summed E-state index contributed by atoms with van der Waals surface area (Å²) in [5, 5.41) is 0.756. The normalized spacial score (nSPS) is 10.6. The van der Waals surface area contributed by atoms with Crippen molar-refractivity contribution in [1.82, 2.24) is 0 Å². The molecule has 1 heterocycles. The summed E-state index contributed by atoms with van der Waals surface area (Å²) in [6.45, 7) is 2.10.